The normalized spacial score (nSPS) is 10.4. The zero-order valence-corrected chi connectivity index (χ0v) is 9.73. The summed E-state index contributed by atoms with van der Waals surface area (Å²) in [5.41, 5.74) is -0.132. The maximum atomic E-state index is 13.6. The van der Waals surface area contributed by atoms with E-state index in [4.69, 9.17) is 14.3 Å². The highest BCUT2D eigenvalue weighted by Crippen LogP contribution is 2.32. The van der Waals surface area contributed by atoms with E-state index in [1.54, 1.807) is 6.92 Å². The fourth-order valence-electron chi connectivity index (χ4n) is 1.56. The number of hydrogen-bond donors (Lipinski definition) is 1. The molecule has 0 aliphatic rings. The number of ether oxygens (including phenoxy) is 1. The molecule has 1 N–H and O–H groups in total. The standard InChI is InChI=1S/C12H10FNO4/c1-6-14-5-11(18-6)8-3-9(13)7(12(15)16)4-10(8)17-2/h3-5H,1-2H3,(H,15,16). The second-order valence-electron chi connectivity index (χ2n) is 3.58. The van der Waals surface area contributed by atoms with Crippen LogP contribution in [0.1, 0.15) is 16.2 Å². The molecule has 2 rings (SSSR count). The fraction of sp³-hybridized carbons (Fsp3) is 0.167. The molecular formula is C12H10FNO4. The van der Waals surface area contributed by atoms with Gasteiger partial charge in [0.2, 0.25) is 0 Å². The summed E-state index contributed by atoms with van der Waals surface area (Å²) in [6, 6.07) is 2.17. The van der Waals surface area contributed by atoms with Crippen molar-refractivity contribution >= 4 is 5.97 Å². The Kier molecular flexibility index (Phi) is 3.01. The van der Waals surface area contributed by atoms with Gasteiger partial charge in [0.05, 0.1) is 24.4 Å². The molecule has 0 unspecified atom stereocenters. The predicted octanol–water partition coefficient (Wildman–Crippen LogP) is 2.50. The summed E-state index contributed by atoms with van der Waals surface area (Å²) in [5, 5.41) is 8.82. The Labute approximate surface area is 102 Å². The predicted molar refractivity (Wildman–Crippen MR) is 60.1 cm³/mol. The SMILES string of the molecule is COc1cc(C(=O)O)c(F)cc1-c1cnc(C)o1. The van der Waals surface area contributed by atoms with E-state index in [1.165, 1.54) is 13.3 Å². The van der Waals surface area contributed by atoms with Gasteiger partial charge in [0.25, 0.3) is 0 Å². The molecule has 0 amide bonds. The molecule has 0 radical (unpaired) electrons. The first-order valence-electron chi connectivity index (χ1n) is 5.06. The summed E-state index contributed by atoms with van der Waals surface area (Å²) in [7, 11) is 1.37. The van der Waals surface area contributed by atoms with Gasteiger partial charge in [-0.1, -0.05) is 0 Å². The quantitative estimate of drug-likeness (QED) is 0.907. The average Bonchev–Trinajstić information content (AvgIpc) is 2.75. The fourth-order valence-corrected chi connectivity index (χ4v) is 1.56. The first kappa shape index (κ1) is 12.1. The smallest absolute Gasteiger partial charge is 0.338 e. The Morgan fingerprint density at radius 3 is 2.72 bits per heavy atom. The lowest BCUT2D eigenvalue weighted by molar-refractivity contribution is 0.0691. The number of carboxylic acid groups (broad SMARTS) is 1. The van der Waals surface area contributed by atoms with Gasteiger partial charge < -0.3 is 14.3 Å². The molecule has 18 heavy (non-hydrogen) atoms. The van der Waals surface area contributed by atoms with Crippen LogP contribution in [-0.4, -0.2) is 23.2 Å². The minimum Gasteiger partial charge on any atom is -0.496 e. The number of aromatic nitrogens is 1. The number of nitrogens with zero attached hydrogens (tertiary/aromatic N) is 1. The molecule has 1 heterocycles. The van der Waals surface area contributed by atoms with Gasteiger partial charge in [-0.25, -0.2) is 14.2 Å². The maximum Gasteiger partial charge on any atom is 0.338 e. The van der Waals surface area contributed by atoms with Crippen molar-refractivity contribution in [3.8, 4) is 17.1 Å². The van der Waals surface area contributed by atoms with Crippen molar-refractivity contribution in [3.05, 3.63) is 35.6 Å². The van der Waals surface area contributed by atoms with E-state index in [0.29, 0.717) is 17.2 Å². The molecule has 0 saturated heterocycles. The number of halogens is 1. The first-order valence-corrected chi connectivity index (χ1v) is 5.06. The van der Waals surface area contributed by atoms with Crippen molar-refractivity contribution in [2.24, 2.45) is 0 Å². The van der Waals surface area contributed by atoms with E-state index in [-0.39, 0.29) is 5.75 Å². The third-order valence-corrected chi connectivity index (χ3v) is 2.41. The number of carboxylic acids is 1. The molecule has 0 aliphatic carbocycles. The minimum atomic E-state index is -1.36. The molecule has 1 aromatic carbocycles. The van der Waals surface area contributed by atoms with Crippen LogP contribution in [0.2, 0.25) is 0 Å². The van der Waals surface area contributed by atoms with Gasteiger partial charge in [0.15, 0.2) is 11.7 Å². The zero-order chi connectivity index (χ0) is 13.3. The highest BCUT2D eigenvalue weighted by molar-refractivity contribution is 5.89. The number of rotatable bonds is 3. The van der Waals surface area contributed by atoms with Crippen molar-refractivity contribution in [1.29, 1.82) is 0 Å². The van der Waals surface area contributed by atoms with Crippen LogP contribution in [0, 0.1) is 12.7 Å². The molecule has 5 nitrogen and oxygen atoms in total. The lowest BCUT2D eigenvalue weighted by atomic mass is 10.1. The summed E-state index contributed by atoms with van der Waals surface area (Å²) in [6.45, 7) is 1.65. The van der Waals surface area contributed by atoms with Crippen LogP contribution in [0.4, 0.5) is 4.39 Å². The van der Waals surface area contributed by atoms with Crippen molar-refractivity contribution in [3.63, 3.8) is 0 Å². The van der Waals surface area contributed by atoms with Crippen molar-refractivity contribution < 1.29 is 23.4 Å². The summed E-state index contributed by atoms with van der Waals surface area (Å²) in [6.07, 6.45) is 1.42. The Hall–Kier alpha value is -2.37. The summed E-state index contributed by atoms with van der Waals surface area (Å²) in [5.74, 6) is -1.25. The van der Waals surface area contributed by atoms with E-state index in [1.807, 2.05) is 0 Å². The van der Waals surface area contributed by atoms with E-state index in [0.717, 1.165) is 12.1 Å². The topological polar surface area (TPSA) is 72.6 Å². The van der Waals surface area contributed by atoms with Crippen LogP contribution in [0.3, 0.4) is 0 Å². The molecule has 1 aromatic heterocycles. The van der Waals surface area contributed by atoms with Crippen LogP contribution in [0.5, 0.6) is 5.75 Å². The van der Waals surface area contributed by atoms with Gasteiger partial charge in [0.1, 0.15) is 11.6 Å². The molecule has 0 fully saturated rings. The average molecular weight is 251 g/mol. The Morgan fingerprint density at radius 1 is 1.50 bits per heavy atom. The lowest BCUT2D eigenvalue weighted by Gasteiger charge is -2.08. The van der Waals surface area contributed by atoms with E-state index in [9.17, 15) is 9.18 Å². The van der Waals surface area contributed by atoms with Crippen LogP contribution < -0.4 is 4.74 Å². The monoisotopic (exact) mass is 251 g/mol. The highest BCUT2D eigenvalue weighted by Gasteiger charge is 2.18. The second-order valence-corrected chi connectivity index (χ2v) is 3.58. The van der Waals surface area contributed by atoms with Crippen LogP contribution in [0.25, 0.3) is 11.3 Å². The Bertz CT molecular complexity index is 606. The third kappa shape index (κ3) is 2.04. The van der Waals surface area contributed by atoms with Crippen LogP contribution in [-0.2, 0) is 0 Å². The molecule has 0 spiro atoms. The van der Waals surface area contributed by atoms with E-state index < -0.39 is 17.3 Å². The van der Waals surface area contributed by atoms with Crippen molar-refractivity contribution in [1.82, 2.24) is 4.98 Å². The molecule has 0 atom stereocenters. The number of oxazole rings is 1. The molecular weight excluding hydrogens is 241 g/mol. The van der Waals surface area contributed by atoms with Gasteiger partial charge in [-0.05, 0) is 12.1 Å². The number of aryl methyl sites for hydroxylation is 1. The number of methoxy groups -OCH3 is 1. The molecule has 0 saturated carbocycles. The van der Waals surface area contributed by atoms with Gasteiger partial charge in [-0.2, -0.15) is 0 Å². The second kappa shape index (κ2) is 4.48. The summed E-state index contributed by atoms with van der Waals surface area (Å²) in [4.78, 5) is 14.7. The van der Waals surface area contributed by atoms with Crippen molar-refractivity contribution in [2.75, 3.05) is 7.11 Å². The van der Waals surface area contributed by atoms with Crippen LogP contribution in [0.15, 0.2) is 22.7 Å². The van der Waals surface area contributed by atoms with Gasteiger partial charge in [-0.3, -0.25) is 0 Å². The minimum absolute atomic E-state index is 0.213. The molecule has 0 bridgehead atoms. The molecule has 0 aliphatic heterocycles. The maximum absolute atomic E-state index is 13.6. The van der Waals surface area contributed by atoms with Gasteiger partial charge in [-0.15, -0.1) is 0 Å². The number of aromatic carboxylic acids is 1. The summed E-state index contributed by atoms with van der Waals surface area (Å²) < 4.78 is 23.9. The van der Waals surface area contributed by atoms with Crippen molar-refractivity contribution in [2.45, 2.75) is 6.92 Å². The van der Waals surface area contributed by atoms with E-state index >= 15 is 0 Å². The Morgan fingerprint density at radius 2 is 2.22 bits per heavy atom. The Balaban J connectivity index is 2.61. The third-order valence-electron chi connectivity index (χ3n) is 2.41. The lowest BCUT2D eigenvalue weighted by Crippen LogP contribution is -2.02. The zero-order valence-electron chi connectivity index (χ0n) is 9.73. The van der Waals surface area contributed by atoms with Gasteiger partial charge >= 0.3 is 5.97 Å². The van der Waals surface area contributed by atoms with Crippen LogP contribution >= 0.6 is 0 Å². The summed E-state index contributed by atoms with van der Waals surface area (Å²) >= 11 is 0. The largest absolute Gasteiger partial charge is 0.496 e. The number of hydrogen-bond acceptors (Lipinski definition) is 4. The number of carbonyl (C=O) groups is 1. The number of benzene rings is 1. The molecule has 94 valence electrons. The molecule has 2 aromatic rings. The van der Waals surface area contributed by atoms with E-state index in [2.05, 4.69) is 4.98 Å². The molecule has 6 heteroatoms. The van der Waals surface area contributed by atoms with Gasteiger partial charge in [0, 0.05) is 6.92 Å². The highest BCUT2D eigenvalue weighted by atomic mass is 19.1. The first-order chi connectivity index (χ1) is 8.52.